The number of hydrogen-bond donors (Lipinski definition) is 2. The quantitative estimate of drug-likeness (QED) is 0.811. The van der Waals surface area contributed by atoms with Gasteiger partial charge in [-0.1, -0.05) is 11.6 Å². The van der Waals surface area contributed by atoms with Crippen LogP contribution in [-0.4, -0.2) is 29.1 Å². The van der Waals surface area contributed by atoms with E-state index in [1.54, 1.807) is 0 Å². The molecule has 0 bridgehead atoms. The molecule has 0 spiro atoms. The molecule has 1 aliphatic rings. The van der Waals surface area contributed by atoms with Gasteiger partial charge in [0, 0.05) is 24.2 Å². The minimum Gasteiger partial charge on any atom is -0.341 e. The summed E-state index contributed by atoms with van der Waals surface area (Å²) in [6, 6.07) is 6.12. The maximum absolute atomic E-state index is 5.95. The van der Waals surface area contributed by atoms with Crippen LogP contribution in [0.3, 0.4) is 0 Å². The van der Waals surface area contributed by atoms with Crippen LogP contribution in [-0.2, 0) is 0 Å². The molecular formula is C12H14ClN4. The third kappa shape index (κ3) is 2.04. The smallest absolute Gasteiger partial charge is 0.127 e. The summed E-state index contributed by atoms with van der Waals surface area (Å²) in [5, 5.41) is 8.73. The van der Waals surface area contributed by atoms with Gasteiger partial charge in [-0.3, -0.25) is 0 Å². The lowest BCUT2D eigenvalue weighted by Gasteiger charge is -2.28. The number of imidazole rings is 1. The normalized spacial score (nSPS) is 25.3. The summed E-state index contributed by atoms with van der Waals surface area (Å²) in [5.41, 5.74) is 1.91. The second-order valence-electron chi connectivity index (χ2n) is 4.38. The minimum absolute atomic E-state index is 0.106. The van der Waals surface area contributed by atoms with E-state index in [4.69, 9.17) is 11.6 Å². The number of rotatable bonds is 1. The molecule has 1 aromatic heterocycles. The highest BCUT2D eigenvalue weighted by Crippen LogP contribution is 2.22. The van der Waals surface area contributed by atoms with Gasteiger partial charge in [0.2, 0.25) is 0 Å². The monoisotopic (exact) mass is 249 g/mol. The summed E-state index contributed by atoms with van der Waals surface area (Å²) < 4.78 is 0. The minimum atomic E-state index is 0.106. The second kappa shape index (κ2) is 4.29. The largest absolute Gasteiger partial charge is 0.341 e. The van der Waals surface area contributed by atoms with Crippen LogP contribution in [0.2, 0.25) is 5.02 Å². The van der Waals surface area contributed by atoms with Crippen molar-refractivity contribution in [2.75, 3.05) is 13.1 Å². The van der Waals surface area contributed by atoms with E-state index in [1.807, 2.05) is 18.2 Å². The number of nitrogens with one attached hydrogen (secondary N) is 2. The van der Waals surface area contributed by atoms with Crippen molar-refractivity contribution in [2.45, 2.75) is 19.0 Å². The van der Waals surface area contributed by atoms with Crippen LogP contribution in [0.1, 0.15) is 18.8 Å². The van der Waals surface area contributed by atoms with Gasteiger partial charge < -0.3 is 10.3 Å². The van der Waals surface area contributed by atoms with Gasteiger partial charge in [-0.15, -0.1) is 0 Å². The lowest BCUT2D eigenvalue weighted by Crippen LogP contribution is -2.46. The maximum Gasteiger partial charge on any atom is 0.127 e. The van der Waals surface area contributed by atoms with Gasteiger partial charge in [0.1, 0.15) is 5.82 Å². The van der Waals surface area contributed by atoms with E-state index >= 15 is 0 Å². The molecule has 2 aromatic rings. The summed E-state index contributed by atoms with van der Waals surface area (Å²) in [7, 11) is 0. The zero-order valence-electron chi connectivity index (χ0n) is 9.57. The number of H-pyrrole nitrogens is 1. The molecule has 0 amide bonds. The summed E-state index contributed by atoms with van der Waals surface area (Å²) >= 11 is 5.95. The molecule has 1 saturated heterocycles. The predicted octanol–water partition coefficient (Wildman–Crippen LogP) is 1.85. The summed E-state index contributed by atoms with van der Waals surface area (Å²) in [6.45, 7) is 3.92. The van der Waals surface area contributed by atoms with Crippen molar-refractivity contribution in [1.82, 2.24) is 20.6 Å². The number of aromatic nitrogens is 2. The lowest BCUT2D eigenvalue weighted by atomic mass is 10.1. The van der Waals surface area contributed by atoms with E-state index in [9.17, 15) is 0 Å². The van der Waals surface area contributed by atoms with Crippen molar-refractivity contribution in [3.05, 3.63) is 29.0 Å². The zero-order chi connectivity index (χ0) is 11.8. The van der Waals surface area contributed by atoms with E-state index < -0.39 is 0 Å². The summed E-state index contributed by atoms with van der Waals surface area (Å²) in [4.78, 5) is 7.89. The molecule has 2 N–H and O–H groups in total. The molecule has 3 rings (SSSR count). The molecule has 1 radical (unpaired) electrons. The average molecular weight is 250 g/mol. The van der Waals surface area contributed by atoms with Crippen molar-refractivity contribution in [2.24, 2.45) is 0 Å². The number of halogens is 1. The molecule has 17 heavy (non-hydrogen) atoms. The highest BCUT2D eigenvalue weighted by molar-refractivity contribution is 6.31. The van der Waals surface area contributed by atoms with Gasteiger partial charge in [-0.25, -0.2) is 10.3 Å². The summed E-state index contributed by atoms with van der Waals surface area (Å²) in [5.74, 6) is 0.918. The predicted molar refractivity (Wildman–Crippen MR) is 68.3 cm³/mol. The molecule has 2 unspecified atom stereocenters. The number of hydrogen-bond acceptors (Lipinski definition) is 2. The van der Waals surface area contributed by atoms with Crippen LogP contribution in [0.4, 0.5) is 0 Å². The number of fused-ring (bicyclic) bond motifs is 1. The number of benzene rings is 1. The van der Waals surface area contributed by atoms with Crippen molar-refractivity contribution in [1.29, 1.82) is 0 Å². The molecule has 2 atom stereocenters. The first-order valence-corrected chi connectivity index (χ1v) is 6.17. The highest BCUT2D eigenvalue weighted by atomic mass is 35.5. The first kappa shape index (κ1) is 11.0. The third-order valence-corrected chi connectivity index (χ3v) is 3.36. The van der Waals surface area contributed by atoms with E-state index in [1.165, 1.54) is 0 Å². The molecule has 0 aliphatic carbocycles. The Bertz CT molecular complexity index is 536. The third-order valence-electron chi connectivity index (χ3n) is 3.12. The Morgan fingerprint density at radius 1 is 1.41 bits per heavy atom. The molecule has 2 heterocycles. The molecule has 89 valence electrons. The molecule has 1 fully saturated rings. The second-order valence-corrected chi connectivity index (χ2v) is 4.81. The fourth-order valence-electron chi connectivity index (χ4n) is 2.23. The number of aromatic amines is 1. The lowest BCUT2D eigenvalue weighted by molar-refractivity contribution is 0.329. The van der Waals surface area contributed by atoms with Gasteiger partial charge in [0.15, 0.2) is 0 Å². The van der Waals surface area contributed by atoms with E-state index in [2.05, 4.69) is 27.5 Å². The topological polar surface area (TPSA) is 54.8 Å². The molecule has 4 nitrogen and oxygen atoms in total. The molecule has 1 aromatic carbocycles. The average Bonchev–Trinajstić information content (AvgIpc) is 2.72. The van der Waals surface area contributed by atoms with Crippen LogP contribution >= 0.6 is 11.6 Å². The van der Waals surface area contributed by atoms with Gasteiger partial charge in [-0.05, 0) is 25.1 Å². The van der Waals surface area contributed by atoms with Crippen molar-refractivity contribution >= 4 is 22.6 Å². The van der Waals surface area contributed by atoms with E-state index in [0.717, 1.165) is 29.9 Å². The number of nitrogens with zero attached hydrogens (tertiary/aromatic N) is 2. The van der Waals surface area contributed by atoms with Crippen LogP contribution < -0.4 is 10.6 Å². The van der Waals surface area contributed by atoms with Gasteiger partial charge >= 0.3 is 0 Å². The molecule has 5 heteroatoms. The Kier molecular flexibility index (Phi) is 2.78. The van der Waals surface area contributed by atoms with Crippen LogP contribution in [0.25, 0.3) is 11.0 Å². The van der Waals surface area contributed by atoms with Crippen LogP contribution in [0, 0.1) is 0 Å². The Morgan fingerprint density at radius 2 is 2.29 bits per heavy atom. The Balaban J connectivity index is 1.99. The Morgan fingerprint density at radius 3 is 3.12 bits per heavy atom. The fraction of sp³-hybridized carbons (Fsp3) is 0.417. The molecule has 0 saturated carbocycles. The molecule has 1 aliphatic heterocycles. The molecular weight excluding hydrogens is 236 g/mol. The van der Waals surface area contributed by atoms with Gasteiger partial charge in [0.05, 0.1) is 17.1 Å². The van der Waals surface area contributed by atoms with Gasteiger partial charge in [-0.2, -0.15) is 0 Å². The summed E-state index contributed by atoms with van der Waals surface area (Å²) in [6.07, 6.45) is 0. The first-order chi connectivity index (χ1) is 8.24. The SMILES string of the molecule is CC1NCC[N]C1c1nc2cc(Cl)ccc2[nH]1. The van der Waals surface area contributed by atoms with Crippen molar-refractivity contribution in [3.8, 4) is 0 Å². The first-order valence-electron chi connectivity index (χ1n) is 5.79. The van der Waals surface area contributed by atoms with E-state index in [0.29, 0.717) is 11.1 Å². The Hall–Kier alpha value is -1.10. The van der Waals surface area contributed by atoms with Crippen LogP contribution in [0.15, 0.2) is 18.2 Å². The zero-order valence-corrected chi connectivity index (χ0v) is 10.3. The standard InChI is InChI=1S/C12H14ClN4/c1-7-11(15-5-4-14-7)12-16-9-3-2-8(13)6-10(9)17-12/h2-3,6-7,11,14H,4-5H2,1H3,(H,16,17). The van der Waals surface area contributed by atoms with Crippen molar-refractivity contribution < 1.29 is 0 Å². The van der Waals surface area contributed by atoms with Crippen molar-refractivity contribution in [3.63, 3.8) is 0 Å². The highest BCUT2D eigenvalue weighted by Gasteiger charge is 2.25. The van der Waals surface area contributed by atoms with Crippen LogP contribution in [0.5, 0.6) is 0 Å². The number of piperazine rings is 1. The van der Waals surface area contributed by atoms with Gasteiger partial charge in [0.25, 0.3) is 0 Å². The Labute approximate surface area is 105 Å². The fourth-order valence-corrected chi connectivity index (χ4v) is 2.39. The van der Waals surface area contributed by atoms with E-state index in [-0.39, 0.29) is 6.04 Å². The maximum atomic E-state index is 5.95.